The van der Waals surface area contributed by atoms with E-state index in [0.717, 1.165) is 16.9 Å². The summed E-state index contributed by atoms with van der Waals surface area (Å²) in [5, 5.41) is 0.235. The van der Waals surface area contributed by atoms with Crippen LogP contribution in [0.3, 0.4) is 0 Å². The first-order chi connectivity index (χ1) is 9.54. The maximum atomic E-state index is 6.14. The minimum atomic E-state index is -1.69. The molecule has 0 aromatic heterocycles. The van der Waals surface area contributed by atoms with Crippen LogP contribution >= 0.6 is 0 Å². The molecule has 0 fully saturated rings. The Hall–Kier alpha value is -1.06. The number of ether oxygens (including phenoxy) is 1. The van der Waals surface area contributed by atoms with Crippen molar-refractivity contribution in [2.75, 3.05) is 13.2 Å². The van der Waals surface area contributed by atoms with E-state index in [1.165, 1.54) is 5.56 Å². The highest BCUT2D eigenvalue weighted by Gasteiger charge is 2.36. The Labute approximate surface area is 131 Å². The van der Waals surface area contributed by atoms with Crippen LogP contribution in [0.1, 0.15) is 38.8 Å². The van der Waals surface area contributed by atoms with Gasteiger partial charge in [0.05, 0.1) is 6.61 Å². The summed E-state index contributed by atoms with van der Waals surface area (Å²) in [7, 11) is -1.69. The van der Waals surface area contributed by atoms with Gasteiger partial charge in [-0.25, -0.2) is 0 Å². The minimum absolute atomic E-state index is 0.235. The molecule has 0 radical (unpaired) electrons. The fraction of sp³-hybridized carbons (Fsp3) is 0.556. The molecular weight excluding hydrogens is 276 g/mol. The second-order valence-electron chi connectivity index (χ2n) is 7.24. The van der Waals surface area contributed by atoms with Gasteiger partial charge in [0.1, 0.15) is 12.4 Å². The van der Waals surface area contributed by atoms with Crippen LogP contribution < -0.4 is 4.74 Å². The van der Waals surface area contributed by atoms with Gasteiger partial charge in [-0.2, -0.15) is 0 Å². The standard InChI is InChI=1S/C18H30O2Si/c1-14(2)16-10-9-15(3)13-17(16)19-11-12-20-21(7,8)18(4,5)6/h9-10,13H,1,11-12H2,2-8H3. The Kier molecular flexibility index (Phi) is 5.82. The fourth-order valence-electron chi connectivity index (χ4n) is 1.77. The summed E-state index contributed by atoms with van der Waals surface area (Å²) in [6.45, 7) is 20.6. The summed E-state index contributed by atoms with van der Waals surface area (Å²) >= 11 is 0. The number of hydrogen-bond donors (Lipinski definition) is 0. The summed E-state index contributed by atoms with van der Waals surface area (Å²) in [4.78, 5) is 0. The molecule has 0 saturated heterocycles. The zero-order valence-corrected chi connectivity index (χ0v) is 15.7. The topological polar surface area (TPSA) is 18.5 Å². The lowest BCUT2D eigenvalue weighted by Gasteiger charge is -2.36. The molecule has 0 unspecified atom stereocenters. The van der Waals surface area contributed by atoms with Gasteiger partial charge in [0.2, 0.25) is 0 Å². The third kappa shape index (κ3) is 5.01. The fourth-order valence-corrected chi connectivity index (χ4v) is 2.79. The molecule has 0 aliphatic rings. The first kappa shape index (κ1) is 18.0. The predicted molar refractivity (Wildman–Crippen MR) is 94.5 cm³/mol. The van der Waals surface area contributed by atoms with E-state index in [4.69, 9.17) is 9.16 Å². The second kappa shape index (κ2) is 6.80. The van der Waals surface area contributed by atoms with Crippen LogP contribution in [0.15, 0.2) is 24.8 Å². The van der Waals surface area contributed by atoms with E-state index in [0.29, 0.717) is 13.2 Å². The molecule has 0 spiro atoms. The lowest BCUT2D eigenvalue weighted by molar-refractivity contribution is 0.203. The number of allylic oxidation sites excluding steroid dienone is 1. The van der Waals surface area contributed by atoms with Crippen molar-refractivity contribution in [1.29, 1.82) is 0 Å². The van der Waals surface area contributed by atoms with E-state index in [2.05, 4.69) is 65.6 Å². The first-order valence-electron chi connectivity index (χ1n) is 7.58. The van der Waals surface area contributed by atoms with Crippen molar-refractivity contribution in [3.05, 3.63) is 35.9 Å². The zero-order chi connectivity index (χ0) is 16.3. The molecule has 0 aliphatic carbocycles. The van der Waals surface area contributed by atoms with Crippen LogP contribution in [0.25, 0.3) is 5.57 Å². The Bertz CT molecular complexity index is 498. The lowest BCUT2D eigenvalue weighted by Crippen LogP contribution is -2.41. The molecular formula is C18H30O2Si. The number of benzene rings is 1. The van der Waals surface area contributed by atoms with Crippen molar-refractivity contribution in [3.8, 4) is 5.75 Å². The van der Waals surface area contributed by atoms with Crippen molar-refractivity contribution in [2.24, 2.45) is 0 Å². The van der Waals surface area contributed by atoms with E-state index in [1.807, 2.05) is 6.92 Å². The molecule has 0 aliphatic heterocycles. The Morgan fingerprint density at radius 3 is 2.33 bits per heavy atom. The highest BCUT2D eigenvalue weighted by molar-refractivity contribution is 6.74. The lowest BCUT2D eigenvalue weighted by atomic mass is 10.1. The molecule has 0 atom stereocenters. The van der Waals surface area contributed by atoms with Crippen LogP contribution in [0, 0.1) is 6.92 Å². The maximum absolute atomic E-state index is 6.14. The third-order valence-electron chi connectivity index (χ3n) is 4.21. The van der Waals surface area contributed by atoms with Gasteiger partial charge >= 0.3 is 0 Å². The first-order valence-corrected chi connectivity index (χ1v) is 10.5. The van der Waals surface area contributed by atoms with E-state index in [-0.39, 0.29) is 5.04 Å². The van der Waals surface area contributed by atoms with E-state index >= 15 is 0 Å². The Morgan fingerprint density at radius 2 is 1.81 bits per heavy atom. The molecule has 0 saturated carbocycles. The quantitative estimate of drug-likeness (QED) is 0.515. The molecule has 3 heteroatoms. The predicted octanol–water partition coefficient (Wildman–Crippen LogP) is 5.43. The van der Waals surface area contributed by atoms with E-state index in [9.17, 15) is 0 Å². The van der Waals surface area contributed by atoms with E-state index in [1.54, 1.807) is 0 Å². The number of hydrogen-bond acceptors (Lipinski definition) is 2. The highest BCUT2D eigenvalue weighted by Crippen LogP contribution is 2.36. The monoisotopic (exact) mass is 306 g/mol. The second-order valence-corrected chi connectivity index (χ2v) is 12.0. The zero-order valence-electron chi connectivity index (χ0n) is 14.7. The molecule has 0 heterocycles. The summed E-state index contributed by atoms with van der Waals surface area (Å²) in [5.41, 5.74) is 3.29. The van der Waals surface area contributed by atoms with Crippen LogP contribution in [0.2, 0.25) is 18.1 Å². The van der Waals surface area contributed by atoms with Gasteiger partial charge in [0.25, 0.3) is 0 Å². The van der Waals surface area contributed by atoms with Crippen LogP contribution in [0.4, 0.5) is 0 Å². The van der Waals surface area contributed by atoms with Gasteiger partial charge in [-0.3, -0.25) is 0 Å². The van der Waals surface area contributed by atoms with Gasteiger partial charge in [0.15, 0.2) is 8.32 Å². The summed E-state index contributed by atoms with van der Waals surface area (Å²) in [5.74, 6) is 0.904. The number of aryl methyl sites for hydroxylation is 1. The largest absolute Gasteiger partial charge is 0.491 e. The van der Waals surface area contributed by atoms with Gasteiger partial charge < -0.3 is 9.16 Å². The number of rotatable bonds is 6. The van der Waals surface area contributed by atoms with Crippen molar-refractivity contribution in [1.82, 2.24) is 0 Å². The summed E-state index contributed by atoms with van der Waals surface area (Å²) < 4.78 is 12.1. The molecule has 1 aromatic carbocycles. The smallest absolute Gasteiger partial charge is 0.192 e. The van der Waals surface area contributed by atoms with Crippen LogP contribution in [0.5, 0.6) is 5.75 Å². The average molecular weight is 307 g/mol. The molecule has 2 nitrogen and oxygen atoms in total. The summed E-state index contributed by atoms with van der Waals surface area (Å²) in [6, 6.07) is 6.22. The highest BCUT2D eigenvalue weighted by atomic mass is 28.4. The SMILES string of the molecule is C=C(C)c1ccc(C)cc1OCCO[Si](C)(C)C(C)(C)C. The van der Waals surface area contributed by atoms with Gasteiger partial charge in [-0.05, 0) is 49.2 Å². The maximum Gasteiger partial charge on any atom is 0.192 e. The molecule has 1 rings (SSSR count). The van der Waals surface area contributed by atoms with Crippen molar-refractivity contribution < 1.29 is 9.16 Å². The van der Waals surface area contributed by atoms with Crippen molar-refractivity contribution in [3.63, 3.8) is 0 Å². The van der Waals surface area contributed by atoms with Gasteiger partial charge in [0, 0.05) is 5.56 Å². The Morgan fingerprint density at radius 1 is 1.19 bits per heavy atom. The molecule has 0 amide bonds. The van der Waals surface area contributed by atoms with E-state index < -0.39 is 8.32 Å². The molecule has 0 bridgehead atoms. The average Bonchev–Trinajstić information content (AvgIpc) is 2.33. The summed E-state index contributed by atoms with van der Waals surface area (Å²) in [6.07, 6.45) is 0. The molecule has 1 aromatic rings. The Balaban J connectivity index is 2.61. The van der Waals surface area contributed by atoms with Crippen molar-refractivity contribution >= 4 is 13.9 Å². The molecule has 21 heavy (non-hydrogen) atoms. The van der Waals surface area contributed by atoms with Gasteiger partial charge in [-0.1, -0.05) is 39.5 Å². The van der Waals surface area contributed by atoms with Crippen LogP contribution in [-0.4, -0.2) is 21.5 Å². The van der Waals surface area contributed by atoms with Crippen molar-refractivity contribution in [2.45, 2.75) is 52.8 Å². The van der Waals surface area contributed by atoms with Crippen LogP contribution in [-0.2, 0) is 4.43 Å². The minimum Gasteiger partial charge on any atom is -0.491 e. The van der Waals surface area contributed by atoms with Gasteiger partial charge in [-0.15, -0.1) is 0 Å². The molecule has 118 valence electrons. The normalized spacial score (nSPS) is 12.3. The third-order valence-corrected chi connectivity index (χ3v) is 8.75. The molecule has 0 N–H and O–H groups in total.